The zero-order chi connectivity index (χ0) is 15.7. The van der Waals surface area contributed by atoms with Gasteiger partial charge in [0, 0.05) is 17.6 Å². The van der Waals surface area contributed by atoms with Crippen LogP contribution in [0.1, 0.15) is 56.7 Å². The van der Waals surface area contributed by atoms with Gasteiger partial charge in [0.05, 0.1) is 18.2 Å². The highest BCUT2D eigenvalue weighted by molar-refractivity contribution is 6.05. The third-order valence-electron chi connectivity index (χ3n) is 4.19. The third-order valence-corrected chi connectivity index (χ3v) is 4.19. The van der Waals surface area contributed by atoms with Crippen molar-refractivity contribution in [2.45, 2.75) is 65.6 Å². The van der Waals surface area contributed by atoms with E-state index < -0.39 is 6.04 Å². The topological polar surface area (TPSA) is 75.4 Å². The quantitative estimate of drug-likeness (QED) is 0.839. The largest absolute Gasteiger partial charge is 0.361 e. The summed E-state index contributed by atoms with van der Waals surface area (Å²) in [5.74, 6) is 0.508. The van der Waals surface area contributed by atoms with Gasteiger partial charge in [-0.15, -0.1) is 0 Å². The lowest BCUT2D eigenvalue weighted by Crippen LogP contribution is -2.43. The molecule has 1 aromatic rings. The highest BCUT2D eigenvalue weighted by Crippen LogP contribution is 2.24. The van der Waals surface area contributed by atoms with Gasteiger partial charge in [0.15, 0.2) is 0 Å². The van der Waals surface area contributed by atoms with Crippen molar-refractivity contribution < 1.29 is 14.1 Å². The molecule has 1 aliphatic heterocycles. The van der Waals surface area contributed by atoms with Crippen molar-refractivity contribution >= 4 is 11.8 Å². The summed E-state index contributed by atoms with van der Waals surface area (Å²) in [5.41, 5.74) is 1.76. The molecule has 21 heavy (non-hydrogen) atoms. The van der Waals surface area contributed by atoms with Gasteiger partial charge in [-0.3, -0.25) is 19.8 Å². The lowest BCUT2D eigenvalue weighted by molar-refractivity contribution is -0.141. The summed E-state index contributed by atoms with van der Waals surface area (Å²) < 4.78 is 5.15. The molecule has 0 aromatic carbocycles. The average Bonchev–Trinajstić information content (AvgIpc) is 2.89. The SMILES string of the molecule is CCC(C)N1C(=O)CC(NC(C)c2c(C)noc2C)C1=O. The molecule has 6 heteroatoms. The summed E-state index contributed by atoms with van der Waals surface area (Å²) in [5, 5.41) is 7.16. The lowest BCUT2D eigenvalue weighted by atomic mass is 10.1. The molecule has 1 aliphatic rings. The van der Waals surface area contributed by atoms with Crippen LogP contribution in [0.4, 0.5) is 0 Å². The van der Waals surface area contributed by atoms with Crippen LogP contribution in [0.3, 0.4) is 0 Å². The smallest absolute Gasteiger partial charge is 0.247 e. The Kier molecular flexibility index (Phi) is 4.46. The Morgan fingerprint density at radius 2 is 2.05 bits per heavy atom. The number of imide groups is 1. The minimum atomic E-state index is -0.463. The van der Waals surface area contributed by atoms with Crippen LogP contribution in [-0.2, 0) is 9.59 Å². The molecule has 1 saturated heterocycles. The molecule has 116 valence electrons. The van der Waals surface area contributed by atoms with Gasteiger partial charge in [-0.2, -0.15) is 0 Å². The molecule has 2 rings (SSSR count). The number of hydrogen-bond acceptors (Lipinski definition) is 5. The Morgan fingerprint density at radius 3 is 2.57 bits per heavy atom. The zero-order valence-electron chi connectivity index (χ0n) is 13.3. The number of aromatic nitrogens is 1. The summed E-state index contributed by atoms with van der Waals surface area (Å²) in [4.78, 5) is 25.8. The molecule has 2 heterocycles. The van der Waals surface area contributed by atoms with Crippen LogP contribution in [0.25, 0.3) is 0 Å². The van der Waals surface area contributed by atoms with Gasteiger partial charge in [-0.1, -0.05) is 12.1 Å². The summed E-state index contributed by atoms with van der Waals surface area (Å²) in [7, 11) is 0. The van der Waals surface area contributed by atoms with Crippen LogP contribution >= 0.6 is 0 Å². The molecule has 3 unspecified atom stereocenters. The lowest BCUT2D eigenvalue weighted by Gasteiger charge is -2.23. The van der Waals surface area contributed by atoms with Gasteiger partial charge < -0.3 is 4.52 Å². The fourth-order valence-electron chi connectivity index (χ4n) is 2.92. The molecule has 0 aliphatic carbocycles. The molecular weight excluding hydrogens is 270 g/mol. The molecule has 0 saturated carbocycles. The van der Waals surface area contributed by atoms with Crippen molar-refractivity contribution in [1.29, 1.82) is 0 Å². The van der Waals surface area contributed by atoms with Crippen LogP contribution in [0.2, 0.25) is 0 Å². The summed E-state index contributed by atoms with van der Waals surface area (Å²) in [6.45, 7) is 9.54. The second kappa shape index (κ2) is 5.97. The molecule has 1 fully saturated rings. The third kappa shape index (κ3) is 2.85. The van der Waals surface area contributed by atoms with Crippen LogP contribution in [-0.4, -0.2) is 34.0 Å². The maximum Gasteiger partial charge on any atom is 0.247 e. The number of carbonyl (C=O) groups is 2. The van der Waals surface area contributed by atoms with Crippen molar-refractivity contribution in [2.24, 2.45) is 0 Å². The van der Waals surface area contributed by atoms with E-state index in [1.165, 1.54) is 4.90 Å². The number of nitrogens with one attached hydrogen (secondary N) is 1. The number of likely N-dealkylation sites (tertiary alicyclic amines) is 1. The second-order valence-electron chi connectivity index (χ2n) is 5.74. The first-order valence-corrected chi connectivity index (χ1v) is 7.41. The summed E-state index contributed by atoms with van der Waals surface area (Å²) in [6, 6.07) is -0.601. The summed E-state index contributed by atoms with van der Waals surface area (Å²) >= 11 is 0. The fraction of sp³-hybridized carbons (Fsp3) is 0.667. The normalized spacial score (nSPS) is 22.0. The Bertz CT molecular complexity index is 533. The highest BCUT2D eigenvalue weighted by atomic mass is 16.5. The highest BCUT2D eigenvalue weighted by Gasteiger charge is 2.41. The van der Waals surface area contributed by atoms with E-state index in [4.69, 9.17) is 4.52 Å². The van der Waals surface area contributed by atoms with E-state index in [-0.39, 0.29) is 30.3 Å². The number of hydrogen-bond donors (Lipinski definition) is 1. The Hall–Kier alpha value is -1.69. The van der Waals surface area contributed by atoms with Crippen LogP contribution < -0.4 is 5.32 Å². The zero-order valence-corrected chi connectivity index (χ0v) is 13.3. The van der Waals surface area contributed by atoms with E-state index in [0.29, 0.717) is 0 Å². The molecule has 1 aromatic heterocycles. The average molecular weight is 293 g/mol. The molecule has 0 spiro atoms. The minimum absolute atomic E-state index is 0.0498. The summed E-state index contributed by atoms with van der Waals surface area (Å²) in [6.07, 6.45) is 0.987. The number of aryl methyl sites for hydroxylation is 2. The number of carbonyl (C=O) groups excluding carboxylic acids is 2. The first-order chi connectivity index (χ1) is 9.86. The van der Waals surface area contributed by atoms with Gasteiger partial charge >= 0.3 is 0 Å². The van der Waals surface area contributed by atoms with Crippen molar-refractivity contribution in [3.05, 3.63) is 17.0 Å². The van der Waals surface area contributed by atoms with E-state index in [1.807, 2.05) is 34.6 Å². The Balaban J connectivity index is 2.11. The fourth-order valence-corrected chi connectivity index (χ4v) is 2.92. The molecule has 1 N–H and O–H groups in total. The molecule has 3 atom stereocenters. The van der Waals surface area contributed by atoms with Crippen LogP contribution in [0.5, 0.6) is 0 Å². The predicted molar refractivity (Wildman–Crippen MR) is 77.5 cm³/mol. The van der Waals surface area contributed by atoms with Gasteiger partial charge in [0.2, 0.25) is 11.8 Å². The van der Waals surface area contributed by atoms with Crippen LogP contribution in [0, 0.1) is 13.8 Å². The first kappa shape index (κ1) is 15.7. The predicted octanol–water partition coefficient (Wildman–Crippen LogP) is 1.87. The molecule has 0 bridgehead atoms. The maximum atomic E-state index is 12.4. The van der Waals surface area contributed by atoms with E-state index >= 15 is 0 Å². The Morgan fingerprint density at radius 1 is 1.38 bits per heavy atom. The van der Waals surface area contributed by atoms with Gasteiger partial charge in [-0.05, 0) is 34.1 Å². The van der Waals surface area contributed by atoms with Gasteiger partial charge in [-0.25, -0.2) is 0 Å². The maximum absolute atomic E-state index is 12.4. The van der Waals surface area contributed by atoms with Crippen molar-refractivity contribution in [2.75, 3.05) is 0 Å². The van der Waals surface area contributed by atoms with Crippen molar-refractivity contribution in [3.63, 3.8) is 0 Å². The number of rotatable bonds is 5. The monoisotopic (exact) mass is 293 g/mol. The van der Waals surface area contributed by atoms with Gasteiger partial charge in [0.25, 0.3) is 0 Å². The number of amides is 2. The molecule has 2 amide bonds. The van der Waals surface area contributed by atoms with Crippen LogP contribution in [0.15, 0.2) is 4.52 Å². The van der Waals surface area contributed by atoms with Crippen molar-refractivity contribution in [3.8, 4) is 0 Å². The Labute approximate surface area is 124 Å². The van der Waals surface area contributed by atoms with Gasteiger partial charge in [0.1, 0.15) is 5.76 Å². The first-order valence-electron chi connectivity index (χ1n) is 7.41. The second-order valence-corrected chi connectivity index (χ2v) is 5.74. The molecule has 0 radical (unpaired) electrons. The minimum Gasteiger partial charge on any atom is -0.361 e. The van der Waals surface area contributed by atoms with Crippen molar-refractivity contribution in [1.82, 2.24) is 15.4 Å². The standard InChI is InChI=1S/C15H23N3O3/c1-6-8(2)18-13(19)7-12(15(18)20)16-9(3)14-10(4)17-21-11(14)5/h8-9,12,16H,6-7H2,1-5H3. The molecule has 6 nitrogen and oxygen atoms in total. The van der Waals surface area contributed by atoms with E-state index in [1.54, 1.807) is 0 Å². The molecular formula is C15H23N3O3. The number of nitrogens with zero attached hydrogens (tertiary/aromatic N) is 2. The van der Waals surface area contributed by atoms with E-state index in [9.17, 15) is 9.59 Å². The van der Waals surface area contributed by atoms with E-state index in [0.717, 1.165) is 23.4 Å². The van der Waals surface area contributed by atoms with E-state index in [2.05, 4.69) is 10.5 Å².